The molecule has 0 fully saturated rings. The highest BCUT2D eigenvalue weighted by molar-refractivity contribution is 5.73. The van der Waals surface area contributed by atoms with Crippen molar-refractivity contribution in [2.45, 2.75) is 31.4 Å². The molecule has 6 nitrogen and oxygen atoms in total. The number of nitrogens with two attached hydrogens (primary N) is 1. The molecule has 1 amide bonds. The molecule has 0 saturated carbocycles. The van der Waals surface area contributed by atoms with E-state index in [0.29, 0.717) is 19.3 Å². The van der Waals surface area contributed by atoms with Gasteiger partial charge in [0.25, 0.3) is 0 Å². The highest BCUT2D eigenvalue weighted by Crippen LogP contribution is 2.21. The molecule has 1 rings (SSSR count). The Kier molecular flexibility index (Phi) is 5.82. The molecule has 1 aliphatic carbocycles. The number of rotatable bonds is 2. The first-order valence-corrected chi connectivity index (χ1v) is 6.33. The Morgan fingerprint density at radius 2 is 2.00 bits per heavy atom. The Bertz CT molecular complexity index is 355. The zero-order valence-electron chi connectivity index (χ0n) is 11.7. The Morgan fingerprint density at radius 3 is 2.58 bits per heavy atom. The summed E-state index contributed by atoms with van der Waals surface area (Å²) in [6.45, 7) is 0. The molecule has 0 aromatic carbocycles. The van der Waals surface area contributed by atoms with Crippen LogP contribution in [0.1, 0.15) is 19.3 Å². The second kappa shape index (κ2) is 7.13. The lowest BCUT2D eigenvalue weighted by Crippen LogP contribution is -2.38. The molecule has 0 radical (unpaired) electrons. The minimum absolute atomic E-state index is 0.255. The fraction of sp³-hybridized carbons (Fsp3) is 0.692. The van der Waals surface area contributed by atoms with Gasteiger partial charge in [-0.05, 0) is 25.3 Å². The first-order valence-electron chi connectivity index (χ1n) is 6.33. The van der Waals surface area contributed by atoms with E-state index in [9.17, 15) is 9.59 Å². The number of nitrogens with zero attached hydrogens (tertiary/aromatic N) is 1. The number of hydrogen-bond acceptors (Lipinski definition) is 5. The third-order valence-corrected chi connectivity index (χ3v) is 3.16. The summed E-state index contributed by atoms with van der Waals surface area (Å²) in [6, 6.07) is -0.255. The van der Waals surface area contributed by atoms with Gasteiger partial charge in [-0.25, -0.2) is 4.79 Å². The van der Waals surface area contributed by atoms with Gasteiger partial charge < -0.3 is 20.1 Å². The normalized spacial score (nSPS) is 28.7. The molecule has 1 aliphatic rings. The Balaban J connectivity index is 2.65. The van der Waals surface area contributed by atoms with Gasteiger partial charge in [-0.2, -0.15) is 0 Å². The van der Waals surface area contributed by atoms with E-state index in [-0.39, 0.29) is 24.0 Å². The number of ether oxygens (including phenoxy) is 2. The zero-order valence-corrected chi connectivity index (χ0v) is 11.7. The molecule has 0 spiro atoms. The number of hydrogen-bond donors (Lipinski definition) is 1. The summed E-state index contributed by atoms with van der Waals surface area (Å²) in [6.07, 6.45) is 4.63. The average Bonchev–Trinajstić information content (AvgIpc) is 2.35. The Hall–Kier alpha value is -1.56. The molecule has 0 bridgehead atoms. The summed E-state index contributed by atoms with van der Waals surface area (Å²) in [7, 11) is 4.61. The third kappa shape index (κ3) is 4.55. The number of carbonyl (C=O) groups is 2. The van der Waals surface area contributed by atoms with Gasteiger partial charge in [0.1, 0.15) is 6.10 Å². The van der Waals surface area contributed by atoms with E-state index in [1.165, 1.54) is 12.0 Å². The molecule has 0 aliphatic heterocycles. The van der Waals surface area contributed by atoms with Gasteiger partial charge in [-0.3, -0.25) is 4.79 Å². The van der Waals surface area contributed by atoms with Crippen molar-refractivity contribution in [3.63, 3.8) is 0 Å². The van der Waals surface area contributed by atoms with Crippen molar-refractivity contribution in [2.24, 2.45) is 11.7 Å². The quantitative estimate of drug-likeness (QED) is 0.596. The van der Waals surface area contributed by atoms with Crippen molar-refractivity contribution in [2.75, 3.05) is 21.2 Å². The fourth-order valence-corrected chi connectivity index (χ4v) is 1.98. The summed E-state index contributed by atoms with van der Waals surface area (Å²) < 4.78 is 10.0. The Morgan fingerprint density at radius 1 is 1.32 bits per heavy atom. The van der Waals surface area contributed by atoms with Crippen molar-refractivity contribution < 1.29 is 19.1 Å². The van der Waals surface area contributed by atoms with E-state index >= 15 is 0 Å². The molecule has 0 heterocycles. The number of esters is 1. The first-order chi connectivity index (χ1) is 8.95. The average molecular weight is 270 g/mol. The molecule has 3 atom stereocenters. The van der Waals surface area contributed by atoms with Crippen molar-refractivity contribution in [3.8, 4) is 0 Å². The minimum Gasteiger partial charge on any atom is -0.469 e. The van der Waals surface area contributed by atoms with Crippen molar-refractivity contribution in [3.05, 3.63) is 12.2 Å². The lowest BCUT2D eigenvalue weighted by molar-refractivity contribution is -0.146. The molecule has 19 heavy (non-hydrogen) atoms. The highest BCUT2D eigenvalue weighted by atomic mass is 16.6. The van der Waals surface area contributed by atoms with Crippen molar-refractivity contribution >= 4 is 12.1 Å². The maximum Gasteiger partial charge on any atom is 0.409 e. The number of methoxy groups -OCH3 is 1. The molecule has 6 heteroatoms. The second-order valence-corrected chi connectivity index (χ2v) is 4.85. The maximum atomic E-state index is 11.6. The molecular formula is C13H22N2O4. The van der Waals surface area contributed by atoms with Crippen LogP contribution < -0.4 is 5.73 Å². The predicted octanol–water partition coefficient (Wildman–Crippen LogP) is 0.910. The van der Waals surface area contributed by atoms with Crippen molar-refractivity contribution in [1.29, 1.82) is 0 Å². The van der Waals surface area contributed by atoms with E-state index < -0.39 is 6.09 Å². The summed E-state index contributed by atoms with van der Waals surface area (Å²) in [4.78, 5) is 24.5. The van der Waals surface area contributed by atoms with Crippen LogP contribution in [0.15, 0.2) is 12.2 Å². The van der Waals surface area contributed by atoms with E-state index in [1.54, 1.807) is 14.1 Å². The Labute approximate surface area is 113 Å². The molecule has 0 aromatic rings. The van der Waals surface area contributed by atoms with Crippen LogP contribution >= 0.6 is 0 Å². The summed E-state index contributed by atoms with van der Waals surface area (Å²) in [5.41, 5.74) is 5.95. The van der Waals surface area contributed by atoms with E-state index in [2.05, 4.69) is 0 Å². The maximum absolute atomic E-state index is 11.6. The molecule has 0 unspecified atom stereocenters. The largest absolute Gasteiger partial charge is 0.469 e. The first kappa shape index (κ1) is 15.5. The second-order valence-electron chi connectivity index (χ2n) is 4.85. The van der Waals surface area contributed by atoms with Gasteiger partial charge in [-0.1, -0.05) is 6.08 Å². The predicted molar refractivity (Wildman–Crippen MR) is 70.4 cm³/mol. The zero-order chi connectivity index (χ0) is 14.4. The smallest absolute Gasteiger partial charge is 0.409 e. The summed E-state index contributed by atoms with van der Waals surface area (Å²) in [5, 5.41) is 0. The van der Waals surface area contributed by atoms with Crippen LogP contribution in [0.5, 0.6) is 0 Å². The van der Waals surface area contributed by atoms with Crippen LogP contribution in [0.2, 0.25) is 0 Å². The van der Waals surface area contributed by atoms with Gasteiger partial charge >= 0.3 is 12.1 Å². The lowest BCUT2D eigenvalue weighted by Gasteiger charge is -2.25. The number of carbonyl (C=O) groups excluding carboxylic acids is 2. The highest BCUT2D eigenvalue weighted by Gasteiger charge is 2.28. The van der Waals surface area contributed by atoms with Crippen LogP contribution in [0.3, 0.4) is 0 Å². The standard InChI is InChI=1S/C13H22N2O4/c1-15(2)13(17)19-9-5-4-6-11(14)10(8-7-9)12(16)18-3/h4-5,9-11H,6-8,14H2,1-3H3/b5-4+/t9-,10-,11-/m0/s1. The molecule has 108 valence electrons. The van der Waals surface area contributed by atoms with Gasteiger partial charge in [0, 0.05) is 20.1 Å². The molecule has 2 N–H and O–H groups in total. The summed E-state index contributed by atoms with van der Waals surface area (Å²) in [5.74, 6) is -0.656. The van der Waals surface area contributed by atoms with E-state index in [4.69, 9.17) is 15.2 Å². The van der Waals surface area contributed by atoms with Crippen LogP contribution in [0.25, 0.3) is 0 Å². The van der Waals surface area contributed by atoms with Gasteiger partial charge in [0.2, 0.25) is 0 Å². The van der Waals surface area contributed by atoms with Crippen LogP contribution in [-0.2, 0) is 14.3 Å². The van der Waals surface area contributed by atoms with Gasteiger partial charge in [0.15, 0.2) is 0 Å². The number of amides is 1. The monoisotopic (exact) mass is 270 g/mol. The van der Waals surface area contributed by atoms with Gasteiger partial charge in [0.05, 0.1) is 13.0 Å². The SMILES string of the molecule is COC(=O)[C@H]1CC[C@@H](OC(=O)N(C)C)/C=C/C[C@@H]1N. The minimum atomic E-state index is -0.394. The lowest BCUT2D eigenvalue weighted by atomic mass is 9.89. The van der Waals surface area contributed by atoms with Crippen LogP contribution in [-0.4, -0.2) is 50.3 Å². The van der Waals surface area contributed by atoms with E-state index in [0.717, 1.165) is 0 Å². The van der Waals surface area contributed by atoms with Gasteiger partial charge in [-0.15, -0.1) is 0 Å². The van der Waals surface area contributed by atoms with Crippen LogP contribution in [0, 0.1) is 5.92 Å². The molecule has 0 aromatic heterocycles. The molecular weight excluding hydrogens is 248 g/mol. The summed E-state index contributed by atoms with van der Waals surface area (Å²) >= 11 is 0. The van der Waals surface area contributed by atoms with Crippen LogP contribution in [0.4, 0.5) is 4.79 Å². The van der Waals surface area contributed by atoms with E-state index in [1.807, 2.05) is 12.2 Å². The third-order valence-electron chi connectivity index (χ3n) is 3.16. The fourth-order valence-electron chi connectivity index (χ4n) is 1.98. The molecule has 0 saturated heterocycles. The van der Waals surface area contributed by atoms with Crippen molar-refractivity contribution in [1.82, 2.24) is 4.90 Å². The topological polar surface area (TPSA) is 81.9 Å².